The van der Waals surface area contributed by atoms with Crippen LogP contribution in [0.4, 0.5) is 0 Å². The van der Waals surface area contributed by atoms with Crippen LogP contribution in [-0.4, -0.2) is 25.7 Å². The third-order valence-electron chi connectivity index (χ3n) is 3.90. The molecule has 0 aromatic carbocycles. The molecule has 124 valence electrons. The minimum atomic E-state index is -0.727. The van der Waals surface area contributed by atoms with Crippen molar-refractivity contribution in [1.29, 1.82) is 0 Å². The number of nitrogens with zero attached hydrogens (tertiary/aromatic N) is 3. The summed E-state index contributed by atoms with van der Waals surface area (Å²) in [5, 5.41) is 4.72. The molecule has 0 bridgehead atoms. The fraction of sp³-hybridized carbons (Fsp3) is 0.294. The van der Waals surface area contributed by atoms with Gasteiger partial charge in [-0.2, -0.15) is 5.10 Å². The molecule has 7 heteroatoms. The third-order valence-corrected chi connectivity index (χ3v) is 3.90. The van der Waals surface area contributed by atoms with Gasteiger partial charge in [0, 0.05) is 24.7 Å². The van der Waals surface area contributed by atoms with Gasteiger partial charge in [-0.25, -0.2) is 0 Å². The molecule has 1 amide bonds. The molecular formula is C17H19N5O2. The fourth-order valence-corrected chi connectivity index (χ4v) is 2.61. The van der Waals surface area contributed by atoms with E-state index in [1.807, 2.05) is 13.1 Å². The number of H-pyrrole nitrogens is 1. The van der Waals surface area contributed by atoms with Gasteiger partial charge in [-0.1, -0.05) is 20.8 Å². The maximum Gasteiger partial charge on any atom is 0.268 e. The molecule has 0 saturated carbocycles. The Hall–Kier alpha value is -2.96. The Morgan fingerprint density at radius 2 is 2.00 bits per heavy atom. The number of pyridine rings is 2. The Morgan fingerprint density at radius 1 is 1.29 bits per heavy atom. The first-order valence-electron chi connectivity index (χ1n) is 7.55. The molecule has 0 radical (unpaired) electrons. The molecule has 0 aliphatic rings. The van der Waals surface area contributed by atoms with E-state index in [9.17, 15) is 9.59 Å². The van der Waals surface area contributed by atoms with Crippen LogP contribution >= 0.6 is 0 Å². The van der Waals surface area contributed by atoms with Crippen molar-refractivity contribution in [2.45, 2.75) is 26.2 Å². The number of primary amides is 1. The van der Waals surface area contributed by atoms with Gasteiger partial charge >= 0.3 is 0 Å². The quantitative estimate of drug-likeness (QED) is 0.748. The second-order valence-corrected chi connectivity index (χ2v) is 6.78. The first-order valence-corrected chi connectivity index (χ1v) is 7.55. The maximum absolute atomic E-state index is 12.5. The molecule has 0 fully saturated rings. The van der Waals surface area contributed by atoms with Crippen LogP contribution in [0.1, 0.15) is 37.0 Å². The average Bonchev–Trinajstić information content (AvgIpc) is 2.88. The molecule has 24 heavy (non-hydrogen) atoms. The molecule has 0 aliphatic carbocycles. The molecule has 3 aromatic rings. The van der Waals surface area contributed by atoms with Crippen molar-refractivity contribution in [3.63, 3.8) is 0 Å². The summed E-state index contributed by atoms with van der Waals surface area (Å²) in [6.07, 6.45) is 1.45. The monoisotopic (exact) mass is 325 g/mol. The van der Waals surface area contributed by atoms with Crippen molar-refractivity contribution < 1.29 is 4.79 Å². The van der Waals surface area contributed by atoms with Crippen LogP contribution in [0.5, 0.6) is 0 Å². The zero-order valence-corrected chi connectivity index (χ0v) is 14.0. The minimum absolute atomic E-state index is 0.0271. The van der Waals surface area contributed by atoms with Crippen LogP contribution in [0, 0.1) is 0 Å². The van der Waals surface area contributed by atoms with Crippen LogP contribution < -0.4 is 11.2 Å². The van der Waals surface area contributed by atoms with Crippen molar-refractivity contribution >= 4 is 16.8 Å². The van der Waals surface area contributed by atoms with E-state index in [2.05, 4.69) is 35.8 Å². The van der Waals surface area contributed by atoms with Crippen LogP contribution in [0.25, 0.3) is 22.3 Å². The summed E-state index contributed by atoms with van der Waals surface area (Å²) in [5.74, 6) is -0.727. The number of amides is 1. The van der Waals surface area contributed by atoms with Crippen molar-refractivity contribution in [3.8, 4) is 11.4 Å². The molecule has 0 spiro atoms. The van der Waals surface area contributed by atoms with E-state index in [-0.39, 0.29) is 21.9 Å². The Labute approximate surface area is 138 Å². The average molecular weight is 325 g/mol. The third kappa shape index (κ3) is 2.58. The van der Waals surface area contributed by atoms with E-state index in [0.29, 0.717) is 11.2 Å². The largest absolute Gasteiger partial charge is 0.364 e. The zero-order chi connectivity index (χ0) is 17.6. The number of fused-ring (bicyclic) bond motifs is 1. The summed E-state index contributed by atoms with van der Waals surface area (Å²) < 4.78 is 1.73. The summed E-state index contributed by atoms with van der Waals surface area (Å²) in [5.41, 5.74) is 7.72. The predicted molar refractivity (Wildman–Crippen MR) is 91.8 cm³/mol. The van der Waals surface area contributed by atoms with E-state index >= 15 is 0 Å². The number of nitrogens with two attached hydrogens (primary N) is 1. The number of carbonyl (C=O) groups is 1. The number of hydrogen-bond donors (Lipinski definition) is 2. The molecule has 0 unspecified atom stereocenters. The smallest absolute Gasteiger partial charge is 0.268 e. The fourth-order valence-electron chi connectivity index (χ4n) is 2.61. The van der Waals surface area contributed by atoms with E-state index in [1.165, 1.54) is 12.3 Å². The number of aromatic nitrogens is 4. The van der Waals surface area contributed by atoms with Crippen molar-refractivity contribution in [2.24, 2.45) is 12.8 Å². The lowest BCUT2D eigenvalue weighted by Gasteiger charge is -2.13. The molecule has 3 N–H and O–H groups in total. The van der Waals surface area contributed by atoms with Crippen molar-refractivity contribution in [2.75, 3.05) is 0 Å². The summed E-state index contributed by atoms with van der Waals surface area (Å²) in [6, 6.07) is 5.04. The summed E-state index contributed by atoms with van der Waals surface area (Å²) in [4.78, 5) is 31.1. The Balaban J connectivity index is 2.25. The van der Waals surface area contributed by atoms with Gasteiger partial charge in [-0.3, -0.25) is 19.3 Å². The van der Waals surface area contributed by atoms with Crippen LogP contribution in [0.2, 0.25) is 0 Å². The van der Waals surface area contributed by atoms with Gasteiger partial charge in [0.05, 0.1) is 28.0 Å². The van der Waals surface area contributed by atoms with Gasteiger partial charge in [-0.05, 0) is 12.1 Å². The second-order valence-electron chi connectivity index (χ2n) is 6.78. The summed E-state index contributed by atoms with van der Waals surface area (Å²) in [6.45, 7) is 6.23. The van der Waals surface area contributed by atoms with Gasteiger partial charge in [-0.15, -0.1) is 0 Å². The zero-order valence-electron chi connectivity index (χ0n) is 14.0. The van der Waals surface area contributed by atoms with Crippen molar-refractivity contribution in [3.05, 3.63) is 46.0 Å². The van der Waals surface area contributed by atoms with Gasteiger partial charge in [0.1, 0.15) is 5.69 Å². The minimum Gasteiger partial charge on any atom is -0.364 e. The number of aromatic amines is 1. The summed E-state index contributed by atoms with van der Waals surface area (Å²) in [7, 11) is 1.83. The first kappa shape index (κ1) is 15.9. The number of aryl methyl sites for hydroxylation is 1. The molecule has 3 rings (SSSR count). The SMILES string of the molecule is Cn1nc(C(C)(C)C)cc1-c1cc(=O)c2c(C(N)=O)nccc2[nH]1. The highest BCUT2D eigenvalue weighted by atomic mass is 16.1. The first-order chi connectivity index (χ1) is 11.2. The Morgan fingerprint density at radius 3 is 2.58 bits per heavy atom. The van der Waals surface area contributed by atoms with Crippen molar-refractivity contribution in [1.82, 2.24) is 19.7 Å². The number of carbonyl (C=O) groups excluding carboxylic acids is 1. The van der Waals surface area contributed by atoms with E-state index in [1.54, 1.807) is 10.7 Å². The standard InChI is InChI=1S/C17H19N5O2/c1-17(2,3)13-8-11(22(4)21-13)10-7-12(23)14-9(20-10)5-6-19-15(14)16(18)24/h5-8H,1-4H3,(H2,18,24)(H,20,23). The number of nitrogens with one attached hydrogen (secondary N) is 1. The molecule has 0 atom stereocenters. The van der Waals surface area contributed by atoms with E-state index in [4.69, 9.17) is 5.73 Å². The molecule has 0 aliphatic heterocycles. The van der Waals surface area contributed by atoms with Gasteiger partial charge in [0.25, 0.3) is 5.91 Å². The Bertz CT molecular complexity index is 1010. The summed E-state index contributed by atoms with van der Waals surface area (Å²) >= 11 is 0. The normalized spacial score (nSPS) is 11.8. The van der Waals surface area contributed by atoms with Crippen LogP contribution in [0.3, 0.4) is 0 Å². The van der Waals surface area contributed by atoms with E-state index < -0.39 is 5.91 Å². The lowest BCUT2D eigenvalue weighted by molar-refractivity contribution is 0.0997. The topological polar surface area (TPSA) is 107 Å². The Kier molecular flexibility index (Phi) is 3.51. The lowest BCUT2D eigenvalue weighted by Crippen LogP contribution is -2.17. The van der Waals surface area contributed by atoms with E-state index in [0.717, 1.165) is 11.4 Å². The molecule has 7 nitrogen and oxygen atoms in total. The molecular weight excluding hydrogens is 306 g/mol. The highest BCUT2D eigenvalue weighted by Gasteiger charge is 2.20. The van der Waals surface area contributed by atoms with Crippen LogP contribution in [0.15, 0.2) is 29.2 Å². The molecule has 3 heterocycles. The van der Waals surface area contributed by atoms with Gasteiger partial charge in [0.15, 0.2) is 5.43 Å². The highest BCUT2D eigenvalue weighted by molar-refractivity contribution is 6.03. The second kappa shape index (κ2) is 5.30. The van der Waals surface area contributed by atoms with Gasteiger partial charge in [0.2, 0.25) is 0 Å². The number of rotatable bonds is 2. The lowest BCUT2D eigenvalue weighted by atomic mass is 9.92. The molecule has 3 aromatic heterocycles. The van der Waals surface area contributed by atoms with Crippen LogP contribution in [-0.2, 0) is 12.5 Å². The van der Waals surface area contributed by atoms with Gasteiger partial charge < -0.3 is 10.7 Å². The maximum atomic E-state index is 12.5. The predicted octanol–water partition coefficient (Wildman–Crippen LogP) is 1.72. The highest BCUT2D eigenvalue weighted by Crippen LogP contribution is 2.26. The molecule has 0 saturated heterocycles. The number of hydrogen-bond acceptors (Lipinski definition) is 4.